The standard InChI is InChI=1S/C9H10INO2/c1-2-9(13)11-7-5-6(10)3-4-8(7)12/h3-5,12H,2H2,1H3,(H,11,13). The van der Waals surface area contributed by atoms with Crippen LogP contribution in [0.2, 0.25) is 0 Å². The number of benzene rings is 1. The van der Waals surface area contributed by atoms with Gasteiger partial charge in [0.1, 0.15) is 5.75 Å². The van der Waals surface area contributed by atoms with Gasteiger partial charge in [0.05, 0.1) is 5.69 Å². The van der Waals surface area contributed by atoms with Crippen LogP contribution in [-0.4, -0.2) is 11.0 Å². The smallest absolute Gasteiger partial charge is 0.224 e. The summed E-state index contributed by atoms with van der Waals surface area (Å²) in [6, 6.07) is 5.06. The predicted molar refractivity (Wildman–Crippen MR) is 59.7 cm³/mol. The molecule has 0 unspecified atom stereocenters. The quantitative estimate of drug-likeness (QED) is 0.649. The lowest BCUT2D eigenvalue weighted by Gasteiger charge is -2.05. The van der Waals surface area contributed by atoms with Crippen molar-refractivity contribution in [3.63, 3.8) is 0 Å². The van der Waals surface area contributed by atoms with Gasteiger partial charge in [0.2, 0.25) is 5.91 Å². The zero-order valence-electron chi connectivity index (χ0n) is 7.17. The molecule has 0 atom stereocenters. The first kappa shape index (κ1) is 10.3. The van der Waals surface area contributed by atoms with Crippen LogP contribution in [0.15, 0.2) is 18.2 Å². The maximum absolute atomic E-state index is 11.0. The van der Waals surface area contributed by atoms with Gasteiger partial charge in [-0.3, -0.25) is 4.79 Å². The van der Waals surface area contributed by atoms with Gasteiger partial charge in [0.25, 0.3) is 0 Å². The molecular formula is C9H10INO2. The van der Waals surface area contributed by atoms with Gasteiger partial charge < -0.3 is 10.4 Å². The maximum Gasteiger partial charge on any atom is 0.224 e. The van der Waals surface area contributed by atoms with Crippen LogP contribution in [0.3, 0.4) is 0 Å². The normalized spacial score (nSPS) is 9.69. The molecule has 70 valence electrons. The number of hydrogen-bond donors (Lipinski definition) is 2. The van der Waals surface area contributed by atoms with E-state index in [1.165, 1.54) is 0 Å². The van der Waals surface area contributed by atoms with Crippen molar-refractivity contribution in [2.75, 3.05) is 5.32 Å². The Labute approximate surface area is 90.3 Å². The SMILES string of the molecule is CCC(=O)Nc1cc(I)ccc1O. The number of hydrogen-bond acceptors (Lipinski definition) is 2. The van der Waals surface area contributed by atoms with E-state index in [9.17, 15) is 9.90 Å². The fraction of sp³-hybridized carbons (Fsp3) is 0.222. The van der Waals surface area contributed by atoms with Crippen LogP contribution < -0.4 is 5.32 Å². The van der Waals surface area contributed by atoms with Gasteiger partial charge in [-0.25, -0.2) is 0 Å². The first-order valence-electron chi connectivity index (χ1n) is 3.92. The number of anilines is 1. The number of aromatic hydroxyl groups is 1. The van der Waals surface area contributed by atoms with Gasteiger partial charge in [0, 0.05) is 9.99 Å². The van der Waals surface area contributed by atoms with E-state index in [0.29, 0.717) is 12.1 Å². The lowest BCUT2D eigenvalue weighted by Crippen LogP contribution is -2.09. The Morgan fingerprint density at radius 2 is 2.31 bits per heavy atom. The van der Waals surface area contributed by atoms with E-state index in [4.69, 9.17) is 0 Å². The van der Waals surface area contributed by atoms with E-state index in [0.717, 1.165) is 3.57 Å². The summed E-state index contributed by atoms with van der Waals surface area (Å²) in [6.45, 7) is 1.76. The number of amides is 1. The highest BCUT2D eigenvalue weighted by molar-refractivity contribution is 14.1. The average Bonchev–Trinajstić information content (AvgIpc) is 2.11. The Balaban J connectivity index is 2.87. The third-order valence-electron chi connectivity index (χ3n) is 1.55. The molecule has 1 rings (SSSR count). The minimum Gasteiger partial charge on any atom is -0.506 e. The first-order chi connectivity index (χ1) is 6.13. The molecule has 0 saturated carbocycles. The molecule has 2 N–H and O–H groups in total. The average molecular weight is 291 g/mol. The molecule has 3 nitrogen and oxygen atoms in total. The molecule has 0 heterocycles. The summed E-state index contributed by atoms with van der Waals surface area (Å²) in [4.78, 5) is 11.0. The monoisotopic (exact) mass is 291 g/mol. The molecule has 0 aromatic heterocycles. The minimum absolute atomic E-state index is 0.0993. The van der Waals surface area contributed by atoms with Crippen molar-refractivity contribution < 1.29 is 9.90 Å². The molecule has 0 radical (unpaired) electrons. The van der Waals surface area contributed by atoms with Gasteiger partial charge in [-0.05, 0) is 40.8 Å². The van der Waals surface area contributed by atoms with Crippen LogP contribution in [0, 0.1) is 3.57 Å². The van der Waals surface area contributed by atoms with E-state index in [-0.39, 0.29) is 11.7 Å². The fourth-order valence-corrected chi connectivity index (χ4v) is 1.34. The van der Waals surface area contributed by atoms with Crippen LogP contribution in [0.1, 0.15) is 13.3 Å². The number of rotatable bonds is 2. The highest BCUT2D eigenvalue weighted by Gasteiger charge is 2.04. The second-order valence-corrected chi connectivity index (χ2v) is 3.81. The lowest BCUT2D eigenvalue weighted by molar-refractivity contribution is -0.115. The zero-order valence-corrected chi connectivity index (χ0v) is 9.33. The van der Waals surface area contributed by atoms with Gasteiger partial charge in [0.15, 0.2) is 0 Å². The highest BCUT2D eigenvalue weighted by atomic mass is 127. The molecular weight excluding hydrogens is 281 g/mol. The predicted octanol–water partition coefficient (Wildman–Crippen LogP) is 2.35. The van der Waals surface area contributed by atoms with E-state index < -0.39 is 0 Å². The van der Waals surface area contributed by atoms with E-state index >= 15 is 0 Å². The number of phenols is 1. The Kier molecular flexibility index (Phi) is 3.53. The second kappa shape index (κ2) is 4.45. The molecule has 0 bridgehead atoms. The summed E-state index contributed by atoms with van der Waals surface area (Å²) >= 11 is 2.12. The van der Waals surface area contributed by atoms with E-state index in [1.807, 2.05) is 0 Å². The summed E-state index contributed by atoms with van der Waals surface area (Å²) in [5.74, 6) is -0.000448. The Hall–Kier alpha value is -0.780. The van der Waals surface area contributed by atoms with Gasteiger partial charge in [-0.15, -0.1) is 0 Å². The topological polar surface area (TPSA) is 49.3 Å². The summed E-state index contributed by atoms with van der Waals surface area (Å²) in [5, 5.41) is 12.0. The van der Waals surface area contributed by atoms with Crippen molar-refractivity contribution in [2.45, 2.75) is 13.3 Å². The number of halogens is 1. The Bertz CT molecular complexity index is 325. The van der Waals surface area contributed by atoms with Crippen molar-refractivity contribution in [1.29, 1.82) is 0 Å². The first-order valence-corrected chi connectivity index (χ1v) is 4.99. The third kappa shape index (κ3) is 2.87. The lowest BCUT2D eigenvalue weighted by atomic mass is 10.3. The summed E-state index contributed by atoms with van der Waals surface area (Å²) in [5.41, 5.74) is 0.471. The van der Waals surface area contributed by atoms with Crippen molar-refractivity contribution in [3.05, 3.63) is 21.8 Å². The van der Waals surface area contributed by atoms with Crippen LogP contribution in [-0.2, 0) is 4.79 Å². The highest BCUT2D eigenvalue weighted by Crippen LogP contribution is 2.24. The molecule has 0 fully saturated rings. The Morgan fingerprint density at radius 1 is 1.62 bits per heavy atom. The van der Waals surface area contributed by atoms with Gasteiger partial charge in [-0.1, -0.05) is 6.92 Å². The number of phenolic OH excluding ortho intramolecular Hbond substituents is 1. The zero-order chi connectivity index (χ0) is 9.84. The summed E-state index contributed by atoms with van der Waals surface area (Å²) in [7, 11) is 0. The van der Waals surface area contributed by atoms with Gasteiger partial charge >= 0.3 is 0 Å². The molecule has 13 heavy (non-hydrogen) atoms. The fourth-order valence-electron chi connectivity index (χ4n) is 0.847. The number of carbonyl (C=O) groups is 1. The Morgan fingerprint density at radius 3 is 2.92 bits per heavy atom. The molecule has 0 aliphatic heterocycles. The molecule has 0 spiro atoms. The number of nitrogens with one attached hydrogen (secondary N) is 1. The molecule has 0 saturated heterocycles. The van der Waals surface area contributed by atoms with Crippen molar-refractivity contribution in [2.24, 2.45) is 0 Å². The van der Waals surface area contributed by atoms with Crippen LogP contribution in [0.5, 0.6) is 5.75 Å². The maximum atomic E-state index is 11.0. The molecule has 1 amide bonds. The van der Waals surface area contributed by atoms with Crippen LogP contribution >= 0.6 is 22.6 Å². The van der Waals surface area contributed by atoms with Crippen LogP contribution in [0.25, 0.3) is 0 Å². The van der Waals surface area contributed by atoms with Crippen molar-refractivity contribution in [1.82, 2.24) is 0 Å². The largest absolute Gasteiger partial charge is 0.506 e. The summed E-state index contributed by atoms with van der Waals surface area (Å²) < 4.78 is 0.974. The molecule has 0 aliphatic rings. The van der Waals surface area contributed by atoms with Crippen LogP contribution in [0.4, 0.5) is 5.69 Å². The van der Waals surface area contributed by atoms with E-state index in [2.05, 4.69) is 27.9 Å². The molecule has 1 aromatic carbocycles. The van der Waals surface area contributed by atoms with Crippen molar-refractivity contribution in [3.8, 4) is 5.75 Å². The summed E-state index contributed by atoms with van der Waals surface area (Å²) in [6.07, 6.45) is 0.408. The minimum atomic E-state index is -0.0997. The third-order valence-corrected chi connectivity index (χ3v) is 2.22. The van der Waals surface area contributed by atoms with E-state index in [1.54, 1.807) is 25.1 Å². The molecule has 0 aliphatic carbocycles. The van der Waals surface area contributed by atoms with Gasteiger partial charge in [-0.2, -0.15) is 0 Å². The molecule has 4 heteroatoms. The second-order valence-electron chi connectivity index (χ2n) is 2.56. The molecule has 1 aromatic rings. The number of carbonyl (C=O) groups excluding carboxylic acids is 1. The van der Waals surface area contributed by atoms with Crippen molar-refractivity contribution >= 4 is 34.2 Å².